The maximum Gasteiger partial charge on any atom is 0.130 e. The zero-order valence-electron chi connectivity index (χ0n) is 7.44. The lowest BCUT2D eigenvalue weighted by Gasteiger charge is -2.14. The van der Waals surface area contributed by atoms with Gasteiger partial charge in [-0.25, -0.2) is 4.39 Å². The fraction of sp³-hybridized carbons (Fsp3) is 0.300. The zero-order chi connectivity index (χ0) is 10.1. The highest BCUT2D eigenvalue weighted by Crippen LogP contribution is 2.28. The van der Waals surface area contributed by atoms with Gasteiger partial charge in [-0.2, -0.15) is 5.26 Å². The summed E-state index contributed by atoms with van der Waals surface area (Å²) in [6.07, 6.45) is 0. The van der Waals surface area contributed by atoms with Gasteiger partial charge in [0.05, 0.1) is 10.6 Å². The van der Waals surface area contributed by atoms with Gasteiger partial charge in [-0.1, -0.05) is 17.7 Å². The van der Waals surface area contributed by atoms with Crippen LogP contribution in [0.5, 0.6) is 0 Å². The first-order valence-electron chi connectivity index (χ1n) is 3.84. The molecule has 0 heterocycles. The van der Waals surface area contributed by atoms with E-state index in [4.69, 9.17) is 16.9 Å². The lowest BCUT2D eigenvalue weighted by Crippen LogP contribution is -2.08. The van der Waals surface area contributed by atoms with Gasteiger partial charge in [0.2, 0.25) is 0 Å². The molecule has 0 spiro atoms. The second-order valence-electron chi connectivity index (χ2n) is 3.28. The van der Waals surface area contributed by atoms with Crippen molar-refractivity contribution >= 4 is 11.6 Å². The van der Waals surface area contributed by atoms with Crippen LogP contribution in [0.4, 0.5) is 4.39 Å². The number of rotatable bonds is 1. The molecule has 0 unspecified atom stereocenters. The molecule has 0 aliphatic carbocycles. The van der Waals surface area contributed by atoms with E-state index < -0.39 is 5.67 Å². The second kappa shape index (κ2) is 3.35. The summed E-state index contributed by atoms with van der Waals surface area (Å²) in [5.74, 6) is 0. The molecule has 0 saturated heterocycles. The van der Waals surface area contributed by atoms with Gasteiger partial charge in [0.25, 0.3) is 0 Å². The Hall–Kier alpha value is -1.07. The molecule has 0 N–H and O–H groups in total. The molecular weight excluding hydrogens is 189 g/mol. The Labute approximate surface area is 81.8 Å². The normalized spacial score (nSPS) is 11.0. The molecule has 0 aliphatic heterocycles. The van der Waals surface area contributed by atoms with E-state index >= 15 is 0 Å². The van der Waals surface area contributed by atoms with E-state index in [1.165, 1.54) is 26.0 Å². The van der Waals surface area contributed by atoms with Crippen LogP contribution in [0.2, 0.25) is 5.02 Å². The fourth-order valence-electron chi connectivity index (χ4n) is 0.976. The van der Waals surface area contributed by atoms with Gasteiger partial charge in [0.15, 0.2) is 0 Å². The second-order valence-corrected chi connectivity index (χ2v) is 3.69. The van der Waals surface area contributed by atoms with Gasteiger partial charge in [0.1, 0.15) is 11.7 Å². The maximum atomic E-state index is 13.4. The summed E-state index contributed by atoms with van der Waals surface area (Å²) in [5.41, 5.74) is -0.566. The number of hydrogen-bond acceptors (Lipinski definition) is 1. The van der Waals surface area contributed by atoms with Crippen molar-refractivity contribution < 1.29 is 4.39 Å². The quantitative estimate of drug-likeness (QED) is 0.677. The molecule has 0 fully saturated rings. The van der Waals surface area contributed by atoms with Crippen LogP contribution in [-0.2, 0) is 5.67 Å². The molecule has 1 aromatic rings. The van der Waals surface area contributed by atoms with Crippen molar-refractivity contribution in [2.24, 2.45) is 0 Å². The topological polar surface area (TPSA) is 23.8 Å². The summed E-state index contributed by atoms with van der Waals surface area (Å²) in [5, 5.41) is 8.88. The van der Waals surface area contributed by atoms with Gasteiger partial charge < -0.3 is 0 Å². The molecular formula is C10H9ClFN. The van der Waals surface area contributed by atoms with Crippen LogP contribution in [0.1, 0.15) is 25.0 Å². The molecule has 0 aliphatic rings. The SMILES string of the molecule is CC(C)(F)c1ccc(C#N)c(Cl)c1. The van der Waals surface area contributed by atoms with Crippen LogP contribution in [0.3, 0.4) is 0 Å². The number of halogens is 2. The highest BCUT2D eigenvalue weighted by molar-refractivity contribution is 6.31. The Bertz CT molecular complexity index is 360. The van der Waals surface area contributed by atoms with Gasteiger partial charge in [0, 0.05) is 0 Å². The summed E-state index contributed by atoms with van der Waals surface area (Å²) in [6, 6.07) is 6.51. The van der Waals surface area contributed by atoms with Crippen LogP contribution in [0.25, 0.3) is 0 Å². The molecule has 0 bridgehead atoms. The largest absolute Gasteiger partial charge is 0.239 e. The van der Waals surface area contributed by atoms with Crippen LogP contribution >= 0.6 is 11.6 Å². The molecule has 0 saturated carbocycles. The Kier molecular flexibility index (Phi) is 2.58. The Morgan fingerprint density at radius 2 is 2.08 bits per heavy atom. The van der Waals surface area contributed by atoms with Crippen LogP contribution in [0, 0.1) is 11.3 Å². The van der Waals surface area contributed by atoms with Crippen molar-refractivity contribution in [3.63, 3.8) is 0 Å². The monoisotopic (exact) mass is 197 g/mol. The van der Waals surface area contributed by atoms with E-state index in [1.54, 1.807) is 6.07 Å². The summed E-state index contributed by atoms with van der Waals surface area (Å²) in [4.78, 5) is 0. The lowest BCUT2D eigenvalue weighted by atomic mass is 9.99. The molecule has 0 radical (unpaired) electrons. The van der Waals surface area contributed by atoms with E-state index in [0.29, 0.717) is 16.1 Å². The first kappa shape index (κ1) is 10.0. The third-order valence-corrected chi connectivity index (χ3v) is 2.09. The molecule has 68 valence electrons. The number of nitriles is 1. The standard InChI is InChI=1S/C10H9ClFN/c1-10(2,12)8-4-3-7(6-13)9(11)5-8/h3-5H,1-2H3. The van der Waals surface area contributed by atoms with E-state index in [9.17, 15) is 4.39 Å². The van der Waals surface area contributed by atoms with E-state index in [0.717, 1.165) is 0 Å². The first-order valence-corrected chi connectivity index (χ1v) is 4.22. The minimum Gasteiger partial charge on any atom is -0.239 e. The number of alkyl halides is 1. The fourth-order valence-corrected chi connectivity index (χ4v) is 1.20. The molecule has 13 heavy (non-hydrogen) atoms. The van der Waals surface area contributed by atoms with Gasteiger partial charge >= 0.3 is 0 Å². The summed E-state index contributed by atoms with van der Waals surface area (Å²) < 4.78 is 13.4. The van der Waals surface area contributed by atoms with Gasteiger partial charge in [-0.3, -0.25) is 0 Å². The molecule has 1 rings (SSSR count). The van der Waals surface area contributed by atoms with Crippen molar-refractivity contribution in [2.45, 2.75) is 19.5 Å². The molecule has 0 atom stereocenters. The van der Waals surface area contributed by atoms with Crippen LogP contribution < -0.4 is 0 Å². The summed E-state index contributed by atoms with van der Waals surface area (Å²) >= 11 is 5.75. The maximum absolute atomic E-state index is 13.4. The third-order valence-electron chi connectivity index (χ3n) is 1.78. The Morgan fingerprint density at radius 3 is 2.46 bits per heavy atom. The number of hydrogen-bond donors (Lipinski definition) is 0. The Morgan fingerprint density at radius 1 is 1.46 bits per heavy atom. The van der Waals surface area contributed by atoms with Crippen molar-refractivity contribution in [3.05, 3.63) is 34.3 Å². The van der Waals surface area contributed by atoms with Crippen LogP contribution in [-0.4, -0.2) is 0 Å². The van der Waals surface area contributed by atoms with E-state index in [1.807, 2.05) is 6.07 Å². The minimum atomic E-state index is -1.42. The molecule has 1 aromatic carbocycles. The number of benzene rings is 1. The van der Waals surface area contributed by atoms with Crippen LogP contribution in [0.15, 0.2) is 18.2 Å². The molecule has 0 amide bonds. The van der Waals surface area contributed by atoms with E-state index in [2.05, 4.69) is 0 Å². The Balaban J connectivity index is 3.20. The van der Waals surface area contributed by atoms with Gasteiger partial charge in [-0.05, 0) is 31.5 Å². The summed E-state index contributed by atoms with van der Waals surface area (Å²) in [7, 11) is 0. The predicted molar refractivity (Wildman–Crippen MR) is 50.3 cm³/mol. The molecule has 1 nitrogen and oxygen atoms in total. The van der Waals surface area contributed by atoms with Crippen molar-refractivity contribution in [1.82, 2.24) is 0 Å². The van der Waals surface area contributed by atoms with Gasteiger partial charge in [-0.15, -0.1) is 0 Å². The minimum absolute atomic E-state index is 0.297. The highest BCUT2D eigenvalue weighted by atomic mass is 35.5. The first-order chi connectivity index (χ1) is 5.95. The average molecular weight is 198 g/mol. The predicted octanol–water partition coefficient (Wildman–Crippen LogP) is 3.42. The molecule has 3 heteroatoms. The van der Waals surface area contributed by atoms with Crippen molar-refractivity contribution in [1.29, 1.82) is 5.26 Å². The molecule has 0 aromatic heterocycles. The van der Waals surface area contributed by atoms with Crippen molar-refractivity contribution in [2.75, 3.05) is 0 Å². The average Bonchev–Trinajstić information content (AvgIpc) is 2.02. The third kappa shape index (κ3) is 2.19. The number of nitrogens with zero attached hydrogens (tertiary/aromatic N) is 1. The lowest BCUT2D eigenvalue weighted by molar-refractivity contribution is 0.221. The zero-order valence-corrected chi connectivity index (χ0v) is 8.19. The van der Waals surface area contributed by atoms with Crippen molar-refractivity contribution in [3.8, 4) is 6.07 Å². The highest BCUT2D eigenvalue weighted by Gasteiger charge is 2.19. The smallest absolute Gasteiger partial charge is 0.130 e. The van der Waals surface area contributed by atoms with E-state index in [-0.39, 0.29) is 0 Å². The summed E-state index contributed by atoms with van der Waals surface area (Å²) in [6.45, 7) is 2.90.